The van der Waals surface area contributed by atoms with Gasteiger partial charge in [0.1, 0.15) is 60.4 Å². The summed E-state index contributed by atoms with van der Waals surface area (Å²) in [5.74, 6) is -8.54. The molecule has 1 unspecified atom stereocenters. The highest BCUT2D eigenvalue weighted by atomic mass is 79.9. The number of primary amides is 2. The van der Waals surface area contributed by atoms with Crippen molar-refractivity contribution in [1.29, 1.82) is 0 Å². The van der Waals surface area contributed by atoms with Crippen LogP contribution >= 0.6 is 15.9 Å². The van der Waals surface area contributed by atoms with Crippen LogP contribution in [0.5, 0.6) is 5.75 Å². The summed E-state index contributed by atoms with van der Waals surface area (Å²) in [6.45, 7) is 9.64. The summed E-state index contributed by atoms with van der Waals surface area (Å²) in [5, 5.41) is 29.7. The van der Waals surface area contributed by atoms with Crippen molar-refractivity contribution in [3.8, 4) is 5.75 Å². The Kier molecular flexibility index (Phi) is 23.3. The molecule has 2 heterocycles. The number of rotatable bonds is 18. The fraction of sp³-hybridized carbons (Fsp3) is 0.652. The van der Waals surface area contributed by atoms with Crippen LogP contribution in [0.25, 0.3) is 0 Å². The van der Waals surface area contributed by atoms with Gasteiger partial charge in [0.15, 0.2) is 0 Å². The molecule has 10 amide bonds. The lowest BCUT2D eigenvalue weighted by atomic mass is 9.94. The summed E-state index contributed by atoms with van der Waals surface area (Å²) in [4.78, 5) is 138. The molecule has 70 heavy (non-hydrogen) atoms. The molecule has 0 radical (unpaired) electrons. The minimum atomic E-state index is -1.84. The molecule has 12 N–H and O–H groups in total. The lowest BCUT2D eigenvalue weighted by Gasteiger charge is -2.41. The minimum absolute atomic E-state index is 0.0107. The molecule has 390 valence electrons. The van der Waals surface area contributed by atoms with E-state index in [2.05, 4.69) is 53.1 Å². The number of carbonyl (C=O) groups is 10. The number of aliphatic hydroxyl groups is 1. The Labute approximate surface area is 416 Å². The fourth-order valence-corrected chi connectivity index (χ4v) is 8.61. The third-order valence-corrected chi connectivity index (χ3v) is 12.8. The van der Waals surface area contributed by atoms with E-state index in [0.29, 0.717) is 28.6 Å². The molecule has 2 aliphatic heterocycles. The van der Waals surface area contributed by atoms with E-state index in [4.69, 9.17) is 20.9 Å². The predicted octanol–water partition coefficient (Wildman–Crippen LogP) is -0.230. The molecule has 3 rings (SSSR count). The SMILES string of the molecule is CCCC(=O)N[C@@H](CCC(N)=O)C(=O)N[C@@H]1C(=O)N[C@@H](CCCNC(N)=O)C(=O)N2[C@H](O)CCC[C@H]2C(=O)N[C@@H]([C@@H](C)CC)C(=O)N[C@@H](Cc2ccc(OC)c(Br)c2)C(=O)NC(C(C)C)C(=O)O[C@@H]1C. The van der Waals surface area contributed by atoms with Gasteiger partial charge in [-0.05, 0) is 97.3 Å². The molecular weight excluding hydrogens is 980 g/mol. The highest BCUT2D eigenvalue weighted by Crippen LogP contribution is 2.27. The van der Waals surface area contributed by atoms with E-state index in [1.54, 1.807) is 52.8 Å². The highest BCUT2D eigenvalue weighted by Gasteiger charge is 2.44. The van der Waals surface area contributed by atoms with Gasteiger partial charge in [0.2, 0.25) is 47.3 Å². The summed E-state index contributed by atoms with van der Waals surface area (Å²) >= 11 is 3.45. The largest absolute Gasteiger partial charge is 0.496 e. The molecule has 2 saturated heterocycles. The van der Waals surface area contributed by atoms with Crippen LogP contribution in [0.2, 0.25) is 0 Å². The molecule has 23 nitrogen and oxygen atoms in total. The van der Waals surface area contributed by atoms with Crippen LogP contribution in [-0.2, 0) is 54.3 Å². The molecule has 0 spiro atoms. The van der Waals surface area contributed by atoms with E-state index in [1.165, 1.54) is 14.0 Å². The first-order valence-corrected chi connectivity index (χ1v) is 24.5. The second-order valence-electron chi connectivity index (χ2n) is 18.0. The third kappa shape index (κ3) is 17.1. The number of carbonyl (C=O) groups excluding carboxylic acids is 10. The summed E-state index contributed by atoms with van der Waals surface area (Å²) in [6.07, 6.45) is -2.97. The standard InChI is InChI=1S/C46H71BrN10O13/c1-8-12-34(59)51-28(17-19-33(48)58)39(61)56-38-25(6)70-45(67)36(23(3)4)54-40(62)30(22-26-16-18-32(69-7)27(47)21-26)53-42(64)37(24(5)9-2)55-41(63)31-14-10-15-35(60)57(31)44(66)29(52-43(38)65)13-11-20-50-46(49)68/h16,18,21,23-25,28-31,35-38,60H,8-15,17,19-20,22H2,1-7H3,(H2,48,58)(H,51,59)(H,52,65)(H,53,64)(H,54,62)(H,55,63)(H,56,61)(H3,49,50,68)/t24-,25+,28-,29-,30-,31-,35+,36?,37-,38-/m0/s1. The van der Waals surface area contributed by atoms with Gasteiger partial charge in [-0.1, -0.05) is 47.1 Å². The molecule has 2 fully saturated rings. The molecule has 2 aliphatic rings. The maximum atomic E-state index is 14.8. The number of nitrogens with one attached hydrogen (secondary N) is 7. The number of hydrogen-bond acceptors (Lipinski definition) is 13. The topological polar surface area (TPSA) is 349 Å². The quantitative estimate of drug-likeness (QED) is 0.0672. The lowest BCUT2D eigenvalue weighted by Crippen LogP contribution is -2.64. The second-order valence-corrected chi connectivity index (χ2v) is 18.9. The van der Waals surface area contributed by atoms with Crippen LogP contribution in [0, 0.1) is 11.8 Å². The monoisotopic (exact) mass is 1050 g/mol. The van der Waals surface area contributed by atoms with E-state index < -0.39 is 126 Å². The first-order chi connectivity index (χ1) is 33.0. The zero-order valence-electron chi connectivity index (χ0n) is 40.9. The maximum absolute atomic E-state index is 14.8. The van der Waals surface area contributed by atoms with Gasteiger partial charge in [-0.3, -0.25) is 38.4 Å². The van der Waals surface area contributed by atoms with E-state index in [-0.39, 0.29) is 64.3 Å². The number of piperidine rings is 1. The van der Waals surface area contributed by atoms with Crippen LogP contribution in [0.3, 0.4) is 0 Å². The van der Waals surface area contributed by atoms with Crippen LogP contribution in [0.15, 0.2) is 22.7 Å². The number of aliphatic hydroxyl groups excluding tert-OH is 1. The van der Waals surface area contributed by atoms with Gasteiger partial charge in [-0.15, -0.1) is 0 Å². The number of nitrogens with two attached hydrogens (primary N) is 2. The molecule has 0 aliphatic carbocycles. The van der Waals surface area contributed by atoms with Crippen molar-refractivity contribution in [1.82, 2.24) is 42.1 Å². The second kappa shape index (κ2) is 28.0. The average molecular weight is 1050 g/mol. The van der Waals surface area contributed by atoms with Crippen molar-refractivity contribution in [2.24, 2.45) is 23.3 Å². The normalized spacial score (nSPS) is 24.9. The number of ether oxygens (including phenoxy) is 2. The van der Waals surface area contributed by atoms with Gasteiger partial charge in [-0.25, -0.2) is 9.59 Å². The van der Waals surface area contributed by atoms with Crippen molar-refractivity contribution in [2.75, 3.05) is 13.7 Å². The zero-order chi connectivity index (χ0) is 52.4. The number of esters is 1. The van der Waals surface area contributed by atoms with Crippen LogP contribution in [0.1, 0.15) is 111 Å². The summed E-state index contributed by atoms with van der Waals surface area (Å²) in [5.41, 5.74) is 11.2. The lowest BCUT2D eigenvalue weighted by molar-refractivity contribution is -0.161. The molecule has 1 aromatic rings. The van der Waals surface area contributed by atoms with Crippen LogP contribution in [-0.4, -0.2) is 138 Å². The Morgan fingerprint density at radius 2 is 1.59 bits per heavy atom. The number of urea groups is 1. The summed E-state index contributed by atoms with van der Waals surface area (Å²) < 4.78 is 11.8. The average Bonchev–Trinajstić information content (AvgIpc) is 3.29. The number of nitrogens with zero attached hydrogens (tertiary/aromatic N) is 1. The van der Waals surface area contributed by atoms with Gasteiger partial charge >= 0.3 is 12.0 Å². The van der Waals surface area contributed by atoms with E-state index in [9.17, 15) is 53.1 Å². The third-order valence-electron chi connectivity index (χ3n) is 12.2. The molecule has 0 aromatic heterocycles. The molecule has 10 atom stereocenters. The van der Waals surface area contributed by atoms with Gasteiger partial charge < -0.3 is 68.2 Å². The number of hydrogen-bond donors (Lipinski definition) is 10. The Morgan fingerprint density at radius 3 is 2.19 bits per heavy atom. The van der Waals surface area contributed by atoms with E-state index >= 15 is 0 Å². The van der Waals surface area contributed by atoms with Gasteiger partial charge in [-0.2, -0.15) is 0 Å². The number of halogens is 1. The van der Waals surface area contributed by atoms with Gasteiger partial charge in [0.05, 0.1) is 11.6 Å². The Balaban J connectivity index is 2.26. The highest BCUT2D eigenvalue weighted by molar-refractivity contribution is 9.10. The molecular formula is C46H71BrN10O13. The van der Waals surface area contributed by atoms with Crippen molar-refractivity contribution >= 4 is 75.2 Å². The fourth-order valence-electron chi connectivity index (χ4n) is 8.02. The number of benzene rings is 1. The van der Waals surface area contributed by atoms with Gasteiger partial charge in [0.25, 0.3) is 0 Å². The van der Waals surface area contributed by atoms with E-state index in [0.717, 1.165) is 4.90 Å². The van der Waals surface area contributed by atoms with Crippen LogP contribution < -0.4 is 53.4 Å². The molecule has 0 bridgehead atoms. The minimum Gasteiger partial charge on any atom is -0.496 e. The number of cyclic esters (lactones) is 1. The van der Waals surface area contributed by atoms with Crippen molar-refractivity contribution in [3.63, 3.8) is 0 Å². The van der Waals surface area contributed by atoms with Crippen molar-refractivity contribution in [2.45, 2.75) is 167 Å². The first-order valence-electron chi connectivity index (χ1n) is 23.7. The number of methoxy groups -OCH3 is 1. The van der Waals surface area contributed by atoms with E-state index in [1.807, 2.05) is 0 Å². The Morgan fingerprint density at radius 1 is 0.914 bits per heavy atom. The summed E-state index contributed by atoms with van der Waals surface area (Å²) in [7, 11) is 1.48. The maximum Gasteiger partial charge on any atom is 0.329 e. The molecule has 1 aromatic carbocycles. The summed E-state index contributed by atoms with van der Waals surface area (Å²) in [6, 6.07) is -6.14. The number of fused-ring (bicyclic) bond motifs is 1. The zero-order valence-corrected chi connectivity index (χ0v) is 42.5. The Hall–Kier alpha value is -6.04. The van der Waals surface area contributed by atoms with Crippen LogP contribution in [0.4, 0.5) is 4.79 Å². The first kappa shape index (κ1) is 58.3. The van der Waals surface area contributed by atoms with Gasteiger partial charge in [0, 0.05) is 25.8 Å². The predicted molar refractivity (Wildman–Crippen MR) is 256 cm³/mol. The number of amides is 10. The smallest absolute Gasteiger partial charge is 0.329 e. The Bertz CT molecular complexity index is 2060. The molecule has 0 saturated carbocycles. The van der Waals surface area contributed by atoms with Crippen molar-refractivity contribution in [3.05, 3.63) is 28.2 Å². The van der Waals surface area contributed by atoms with Crippen molar-refractivity contribution < 1.29 is 62.5 Å². The molecule has 24 heteroatoms.